The zero-order chi connectivity index (χ0) is 19.2. The molecule has 3 aliphatic rings. The third kappa shape index (κ3) is 5.86. The maximum Gasteiger partial charge on any atom is 0.309 e. The van der Waals surface area contributed by atoms with Gasteiger partial charge in [0.25, 0.3) is 0 Å². The highest BCUT2D eigenvalue weighted by molar-refractivity contribution is 8.14. The summed E-state index contributed by atoms with van der Waals surface area (Å²) in [5.41, 5.74) is 2.40. The normalized spacial score (nSPS) is 23.3. The lowest BCUT2D eigenvalue weighted by molar-refractivity contribution is -0.141. The fourth-order valence-electron chi connectivity index (χ4n) is 4.22. The molecular weight excluding hydrogens is 400 g/mol. The van der Waals surface area contributed by atoms with Crippen LogP contribution < -0.4 is 10.7 Å². The molecule has 0 aromatic heterocycles. The fraction of sp³-hybridized carbons (Fsp3) is 0.789. The zero-order valence-electron chi connectivity index (χ0n) is 16.4. The van der Waals surface area contributed by atoms with Gasteiger partial charge in [0, 0.05) is 25.3 Å². The highest BCUT2D eigenvalue weighted by atomic mass is 35.5. The highest BCUT2D eigenvalue weighted by Gasteiger charge is 2.37. The first kappa shape index (κ1) is 23.0. The third-order valence-electron chi connectivity index (χ3n) is 5.89. The van der Waals surface area contributed by atoms with Crippen LogP contribution in [-0.4, -0.2) is 53.1 Å². The summed E-state index contributed by atoms with van der Waals surface area (Å²) in [7, 11) is 1.90. The van der Waals surface area contributed by atoms with Crippen LogP contribution in [0.3, 0.4) is 0 Å². The molecule has 158 valence electrons. The number of amidine groups is 1. The average Bonchev–Trinajstić information content (AvgIpc) is 3.36. The minimum atomic E-state index is -0.732. The summed E-state index contributed by atoms with van der Waals surface area (Å²) >= 11 is 1.55. The molecule has 2 saturated carbocycles. The zero-order valence-corrected chi connectivity index (χ0v) is 18.1. The molecule has 3 fully saturated rings. The summed E-state index contributed by atoms with van der Waals surface area (Å²) in [6.07, 6.45) is 8.87. The molecule has 7 nitrogen and oxygen atoms in total. The molecule has 9 heteroatoms. The number of nitrogens with one attached hydrogen (secondary N) is 2. The van der Waals surface area contributed by atoms with E-state index >= 15 is 0 Å². The SMILES string of the molecule is CN1CCSC1=NNC(=O)C(=O)C(NC(=O)C1CCCCC1)C1CCCC1.Cl. The minimum Gasteiger partial charge on any atom is -0.352 e. The summed E-state index contributed by atoms with van der Waals surface area (Å²) in [5.74, 6) is -0.425. The minimum absolute atomic E-state index is 0. The molecule has 0 radical (unpaired) electrons. The summed E-state index contributed by atoms with van der Waals surface area (Å²) in [6.45, 7) is 0.870. The number of halogens is 1. The van der Waals surface area contributed by atoms with Crippen LogP contribution in [0.15, 0.2) is 5.10 Å². The van der Waals surface area contributed by atoms with E-state index in [1.165, 1.54) is 6.42 Å². The third-order valence-corrected chi connectivity index (χ3v) is 6.94. The molecule has 1 unspecified atom stereocenters. The first-order valence-electron chi connectivity index (χ1n) is 10.1. The molecule has 1 heterocycles. The topological polar surface area (TPSA) is 90.9 Å². The van der Waals surface area contributed by atoms with Crippen molar-refractivity contribution >= 4 is 46.9 Å². The lowest BCUT2D eigenvalue weighted by Crippen LogP contribution is -2.52. The van der Waals surface area contributed by atoms with Crippen LogP contribution in [0.2, 0.25) is 0 Å². The van der Waals surface area contributed by atoms with Gasteiger partial charge >= 0.3 is 5.91 Å². The molecule has 1 saturated heterocycles. The van der Waals surface area contributed by atoms with Crippen LogP contribution in [-0.2, 0) is 14.4 Å². The molecule has 0 aromatic carbocycles. The van der Waals surface area contributed by atoms with Gasteiger partial charge in [0.05, 0.1) is 0 Å². The molecule has 2 aliphatic carbocycles. The second-order valence-corrected chi connectivity index (χ2v) is 8.90. The van der Waals surface area contributed by atoms with E-state index in [2.05, 4.69) is 15.8 Å². The van der Waals surface area contributed by atoms with Crippen molar-refractivity contribution in [1.82, 2.24) is 15.6 Å². The maximum atomic E-state index is 12.8. The molecule has 2 N–H and O–H groups in total. The van der Waals surface area contributed by atoms with Crippen molar-refractivity contribution in [3.63, 3.8) is 0 Å². The van der Waals surface area contributed by atoms with Gasteiger partial charge in [0.1, 0.15) is 6.04 Å². The maximum absolute atomic E-state index is 12.8. The Morgan fingerprint density at radius 1 is 1.07 bits per heavy atom. The predicted octanol–water partition coefficient (Wildman–Crippen LogP) is 2.30. The van der Waals surface area contributed by atoms with Crippen LogP contribution in [0, 0.1) is 11.8 Å². The van der Waals surface area contributed by atoms with Gasteiger partial charge in [0.15, 0.2) is 5.17 Å². The number of carbonyl (C=O) groups is 3. The Labute approximate surface area is 177 Å². The summed E-state index contributed by atoms with van der Waals surface area (Å²) < 4.78 is 0. The van der Waals surface area contributed by atoms with Crippen molar-refractivity contribution in [1.29, 1.82) is 0 Å². The number of rotatable bonds is 6. The second-order valence-electron chi connectivity index (χ2n) is 7.84. The van der Waals surface area contributed by atoms with Crippen molar-refractivity contribution in [3.8, 4) is 0 Å². The van der Waals surface area contributed by atoms with Gasteiger partial charge in [-0.3, -0.25) is 14.4 Å². The number of hydrogen-bond donors (Lipinski definition) is 2. The van der Waals surface area contributed by atoms with Crippen molar-refractivity contribution in [2.24, 2.45) is 16.9 Å². The van der Waals surface area contributed by atoms with Gasteiger partial charge in [-0.05, 0) is 31.6 Å². The van der Waals surface area contributed by atoms with E-state index in [0.717, 1.165) is 63.7 Å². The van der Waals surface area contributed by atoms with E-state index in [0.29, 0.717) is 5.17 Å². The Morgan fingerprint density at radius 3 is 2.32 bits per heavy atom. The fourth-order valence-corrected chi connectivity index (χ4v) is 5.19. The molecule has 28 heavy (non-hydrogen) atoms. The molecule has 2 amide bonds. The first-order chi connectivity index (χ1) is 13.1. The summed E-state index contributed by atoms with van der Waals surface area (Å²) in [5, 5.41) is 7.72. The van der Waals surface area contributed by atoms with Gasteiger partial charge in [-0.25, -0.2) is 5.43 Å². The van der Waals surface area contributed by atoms with Crippen LogP contribution in [0.5, 0.6) is 0 Å². The number of hydrazone groups is 1. The van der Waals surface area contributed by atoms with Crippen molar-refractivity contribution in [2.75, 3.05) is 19.3 Å². The number of hydrogen-bond acceptors (Lipinski definition) is 5. The molecule has 3 rings (SSSR count). The van der Waals surface area contributed by atoms with Gasteiger partial charge in [-0.2, -0.15) is 0 Å². The van der Waals surface area contributed by atoms with E-state index < -0.39 is 17.7 Å². The molecular formula is C19H31ClN4O3S. The average molecular weight is 431 g/mol. The number of thioether (sulfide) groups is 1. The number of Topliss-reactive ketones (excluding diaryl/α,β-unsaturated/α-hetero) is 1. The monoisotopic (exact) mass is 430 g/mol. The van der Waals surface area contributed by atoms with Crippen molar-refractivity contribution < 1.29 is 14.4 Å². The molecule has 0 spiro atoms. The largest absolute Gasteiger partial charge is 0.352 e. The number of amides is 2. The molecule has 0 aromatic rings. The van der Waals surface area contributed by atoms with E-state index in [4.69, 9.17) is 0 Å². The van der Waals surface area contributed by atoms with Gasteiger partial charge in [-0.1, -0.05) is 43.9 Å². The number of carbonyl (C=O) groups excluding carboxylic acids is 3. The summed E-state index contributed by atoms with van der Waals surface area (Å²) in [4.78, 5) is 39.8. The quantitative estimate of drug-likeness (QED) is 0.498. The Balaban J connectivity index is 0.00000280. The van der Waals surface area contributed by atoms with E-state index in [1.807, 2.05) is 11.9 Å². The first-order valence-corrected chi connectivity index (χ1v) is 11.1. The number of ketones is 1. The van der Waals surface area contributed by atoms with E-state index in [1.54, 1.807) is 11.8 Å². The van der Waals surface area contributed by atoms with Gasteiger partial charge in [0.2, 0.25) is 11.7 Å². The van der Waals surface area contributed by atoms with Crippen LogP contribution in [0.1, 0.15) is 57.8 Å². The van der Waals surface area contributed by atoms with Crippen LogP contribution in [0.25, 0.3) is 0 Å². The standard InChI is InChI=1S/C19H30N4O3S.ClH/c1-23-11-12-27-19(23)22-21-18(26)16(24)15(13-7-5-6-8-13)20-17(25)14-9-3-2-4-10-14;/h13-15H,2-12H2,1H3,(H,20,25)(H,21,26);1H. The van der Waals surface area contributed by atoms with Crippen LogP contribution in [0.4, 0.5) is 0 Å². The van der Waals surface area contributed by atoms with Gasteiger partial charge in [-0.15, -0.1) is 17.5 Å². The van der Waals surface area contributed by atoms with E-state index in [-0.39, 0.29) is 30.2 Å². The Morgan fingerprint density at radius 2 is 1.71 bits per heavy atom. The van der Waals surface area contributed by atoms with Crippen LogP contribution >= 0.6 is 24.2 Å². The Bertz CT molecular complexity index is 604. The Hall–Kier alpha value is -1.28. The highest BCUT2D eigenvalue weighted by Crippen LogP contribution is 2.29. The van der Waals surface area contributed by atoms with Crippen molar-refractivity contribution in [2.45, 2.75) is 63.8 Å². The second kappa shape index (κ2) is 11.0. The lowest BCUT2D eigenvalue weighted by Gasteiger charge is -2.27. The molecule has 0 bridgehead atoms. The number of nitrogens with zero attached hydrogens (tertiary/aromatic N) is 2. The smallest absolute Gasteiger partial charge is 0.309 e. The molecule has 1 atom stereocenters. The predicted molar refractivity (Wildman–Crippen MR) is 113 cm³/mol. The van der Waals surface area contributed by atoms with E-state index in [9.17, 15) is 14.4 Å². The van der Waals surface area contributed by atoms with Crippen molar-refractivity contribution in [3.05, 3.63) is 0 Å². The lowest BCUT2D eigenvalue weighted by atomic mass is 9.87. The summed E-state index contributed by atoms with van der Waals surface area (Å²) in [6, 6.07) is -0.726. The van der Waals surface area contributed by atoms with Gasteiger partial charge < -0.3 is 10.2 Å². The molecule has 1 aliphatic heterocycles. The Kier molecular flexibility index (Phi) is 9.08.